The molecular weight excluding hydrogens is 382 g/mol. The molecule has 0 unspecified atom stereocenters. The molecule has 146 valence electrons. The van der Waals surface area contributed by atoms with Crippen molar-refractivity contribution in [3.63, 3.8) is 0 Å². The number of benzene rings is 1. The van der Waals surface area contributed by atoms with Crippen molar-refractivity contribution in [2.45, 2.75) is 36.7 Å². The van der Waals surface area contributed by atoms with Gasteiger partial charge in [0.1, 0.15) is 17.2 Å². The molecular formula is C19H19N3O5S. The zero-order chi connectivity index (χ0) is 20.3. The first-order valence-electron chi connectivity index (χ1n) is 8.65. The van der Waals surface area contributed by atoms with Crippen LogP contribution in [0.3, 0.4) is 0 Å². The van der Waals surface area contributed by atoms with Crippen molar-refractivity contribution >= 4 is 29.5 Å². The van der Waals surface area contributed by atoms with Gasteiger partial charge in [-0.2, -0.15) is 5.26 Å². The molecule has 8 nitrogen and oxygen atoms in total. The van der Waals surface area contributed by atoms with Gasteiger partial charge in [-0.15, -0.1) is 11.8 Å². The fourth-order valence-electron chi connectivity index (χ4n) is 3.41. The number of hydrogen-bond donors (Lipinski definition) is 2. The van der Waals surface area contributed by atoms with Gasteiger partial charge >= 0.3 is 5.97 Å². The van der Waals surface area contributed by atoms with E-state index in [9.17, 15) is 19.5 Å². The number of thioether (sulfide) groups is 1. The molecule has 28 heavy (non-hydrogen) atoms. The highest BCUT2D eigenvalue weighted by Crippen LogP contribution is 2.47. The summed E-state index contributed by atoms with van der Waals surface area (Å²) in [6, 6.07) is 9.92. The molecule has 9 heteroatoms. The summed E-state index contributed by atoms with van der Waals surface area (Å²) in [6.45, 7) is 1.39. The van der Waals surface area contributed by atoms with Crippen LogP contribution < -0.4 is 10.1 Å². The number of amides is 2. The fourth-order valence-corrected chi connectivity index (χ4v) is 4.70. The number of nitrogens with zero attached hydrogens (tertiary/aromatic N) is 2. The highest BCUT2D eigenvalue weighted by Gasteiger charge is 2.62. The molecule has 0 radical (unpaired) electrons. The van der Waals surface area contributed by atoms with Gasteiger partial charge in [0.2, 0.25) is 5.91 Å². The van der Waals surface area contributed by atoms with E-state index in [0.29, 0.717) is 11.3 Å². The van der Waals surface area contributed by atoms with E-state index in [1.54, 1.807) is 36.6 Å². The molecule has 2 aliphatic heterocycles. The Kier molecular flexibility index (Phi) is 5.61. The third-order valence-electron chi connectivity index (χ3n) is 4.87. The number of carbonyl (C=O) groups is 3. The van der Waals surface area contributed by atoms with Crippen LogP contribution in [0.4, 0.5) is 0 Å². The number of rotatable bonds is 7. The smallest absolute Gasteiger partial charge is 0.334 e. The molecule has 3 atom stereocenters. The molecule has 2 amide bonds. The summed E-state index contributed by atoms with van der Waals surface area (Å²) < 4.78 is 5.37. The van der Waals surface area contributed by atoms with Gasteiger partial charge < -0.3 is 20.1 Å². The lowest BCUT2D eigenvalue weighted by Crippen LogP contribution is -2.78. The molecule has 0 spiro atoms. The number of carbonyl (C=O) groups excluding carboxylic acids is 2. The number of ether oxygens (including phenoxy) is 1. The van der Waals surface area contributed by atoms with E-state index in [1.807, 2.05) is 12.1 Å². The molecule has 3 rings (SSSR count). The van der Waals surface area contributed by atoms with Crippen LogP contribution >= 0.6 is 11.8 Å². The minimum Gasteiger partial charge on any atom is -0.484 e. The molecule has 0 aromatic heterocycles. The Morgan fingerprint density at radius 3 is 2.75 bits per heavy atom. The van der Waals surface area contributed by atoms with Gasteiger partial charge in [0.15, 0.2) is 12.1 Å². The van der Waals surface area contributed by atoms with E-state index in [0.717, 1.165) is 0 Å². The Hall–Kier alpha value is -2.99. The van der Waals surface area contributed by atoms with Gasteiger partial charge in [-0.3, -0.25) is 9.59 Å². The zero-order valence-corrected chi connectivity index (χ0v) is 15.9. The van der Waals surface area contributed by atoms with Gasteiger partial charge in [0.25, 0.3) is 5.91 Å². The number of carboxylic acids is 1. The first-order chi connectivity index (χ1) is 13.4. The summed E-state index contributed by atoms with van der Waals surface area (Å²) in [4.78, 5) is 38.2. The molecule has 2 heterocycles. The molecule has 2 aliphatic rings. The molecule has 0 saturated carbocycles. The molecule has 1 aromatic carbocycles. The van der Waals surface area contributed by atoms with E-state index >= 15 is 0 Å². The summed E-state index contributed by atoms with van der Waals surface area (Å²) in [5.74, 6) is -1.58. The van der Waals surface area contributed by atoms with Crippen molar-refractivity contribution in [2.24, 2.45) is 0 Å². The minimum atomic E-state index is -1.55. The van der Waals surface area contributed by atoms with Crippen LogP contribution in [-0.2, 0) is 14.4 Å². The number of hydrogen-bond acceptors (Lipinski definition) is 6. The fraction of sp³-hybridized carbons (Fsp3) is 0.368. The highest BCUT2D eigenvalue weighted by atomic mass is 32.2. The van der Waals surface area contributed by atoms with Crippen LogP contribution in [0.5, 0.6) is 5.75 Å². The summed E-state index contributed by atoms with van der Waals surface area (Å²) in [5, 5.41) is 22.5. The maximum absolute atomic E-state index is 12.7. The van der Waals surface area contributed by atoms with Crippen molar-refractivity contribution < 1.29 is 24.2 Å². The summed E-state index contributed by atoms with van der Waals surface area (Å²) in [5.41, 5.74) is -1.05. The molecule has 0 bridgehead atoms. The second-order valence-corrected chi connectivity index (χ2v) is 7.50. The van der Waals surface area contributed by atoms with Gasteiger partial charge in [-0.25, -0.2) is 4.79 Å². The molecule has 1 fully saturated rings. The van der Waals surface area contributed by atoms with E-state index in [2.05, 4.69) is 5.32 Å². The zero-order valence-electron chi connectivity index (χ0n) is 15.1. The number of para-hydroxylation sites is 1. The first-order valence-corrected chi connectivity index (χ1v) is 9.59. The van der Waals surface area contributed by atoms with Crippen LogP contribution in [-0.4, -0.2) is 51.4 Å². The standard InChI is InChI=1S/C19H19N3O5S/c1-12-11-28-17-15(21-14(23)10-27-13-6-3-2-4-7-13)16(24)22(17)19(12,18(25)26)8-5-9-20/h2-4,6-7,11,15,17H,5,8,10H2,1H3,(H,21,23)(H,25,26)/t15-,17-,19-/m1/s1. The van der Waals surface area contributed by atoms with Gasteiger partial charge in [-0.05, 0) is 36.5 Å². The number of carboxylic acid groups (broad SMARTS) is 1. The summed E-state index contributed by atoms with van der Waals surface area (Å²) in [6.07, 6.45) is 0.00232. The summed E-state index contributed by atoms with van der Waals surface area (Å²) in [7, 11) is 0. The predicted octanol–water partition coefficient (Wildman–Crippen LogP) is 1.50. The van der Waals surface area contributed by atoms with Gasteiger partial charge in [0.05, 0.1) is 6.07 Å². The lowest BCUT2D eigenvalue weighted by atomic mass is 9.81. The lowest BCUT2D eigenvalue weighted by Gasteiger charge is -2.56. The third-order valence-corrected chi connectivity index (χ3v) is 6.12. The van der Waals surface area contributed by atoms with Crippen LogP contribution in [0.15, 0.2) is 41.3 Å². The number of β-lactam (4-membered cyclic amide) rings is 1. The van der Waals surface area contributed by atoms with Crippen LogP contribution in [0.2, 0.25) is 0 Å². The Labute approximate surface area is 166 Å². The Bertz CT molecular complexity index is 866. The maximum atomic E-state index is 12.7. The quantitative estimate of drug-likeness (QED) is 0.664. The van der Waals surface area contributed by atoms with E-state index in [4.69, 9.17) is 10.00 Å². The maximum Gasteiger partial charge on any atom is 0.334 e. The van der Waals surface area contributed by atoms with Crippen molar-refractivity contribution in [3.8, 4) is 11.8 Å². The number of aliphatic carboxylic acids is 1. The monoisotopic (exact) mass is 401 g/mol. The largest absolute Gasteiger partial charge is 0.484 e. The Morgan fingerprint density at radius 1 is 1.39 bits per heavy atom. The number of nitrogens with one attached hydrogen (secondary N) is 1. The van der Waals surface area contributed by atoms with Crippen LogP contribution in [0, 0.1) is 11.3 Å². The highest BCUT2D eigenvalue weighted by molar-refractivity contribution is 8.03. The molecule has 0 aliphatic carbocycles. The number of fused-ring (bicyclic) bond motifs is 1. The Morgan fingerprint density at radius 2 is 2.11 bits per heavy atom. The lowest BCUT2D eigenvalue weighted by molar-refractivity contribution is -0.169. The SMILES string of the molecule is CC1=CS[C@@H]2[C@H](NC(=O)COc3ccccc3)C(=O)N2[C@@]1(CCC#N)C(=O)O. The second kappa shape index (κ2) is 7.94. The molecule has 1 aromatic rings. The third kappa shape index (κ3) is 3.31. The predicted molar refractivity (Wildman–Crippen MR) is 101 cm³/mol. The van der Waals surface area contributed by atoms with Gasteiger partial charge in [-0.1, -0.05) is 18.2 Å². The second-order valence-electron chi connectivity index (χ2n) is 6.51. The Balaban J connectivity index is 1.69. The number of nitriles is 1. The molecule has 2 N–H and O–H groups in total. The van der Waals surface area contributed by atoms with Gasteiger partial charge in [0, 0.05) is 6.42 Å². The minimum absolute atomic E-state index is 0.000583. The van der Waals surface area contributed by atoms with E-state index in [1.165, 1.54) is 16.7 Å². The van der Waals surface area contributed by atoms with Crippen molar-refractivity contribution in [1.29, 1.82) is 5.26 Å². The normalized spacial score (nSPS) is 25.6. The van der Waals surface area contributed by atoms with Crippen LogP contribution in [0.25, 0.3) is 0 Å². The van der Waals surface area contributed by atoms with Crippen molar-refractivity contribution in [2.75, 3.05) is 6.61 Å². The van der Waals surface area contributed by atoms with Crippen molar-refractivity contribution in [3.05, 3.63) is 41.3 Å². The van der Waals surface area contributed by atoms with Crippen molar-refractivity contribution in [1.82, 2.24) is 10.2 Å². The average molecular weight is 401 g/mol. The topological polar surface area (TPSA) is 120 Å². The average Bonchev–Trinajstić information content (AvgIpc) is 2.70. The summed E-state index contributed by atoms with van der Waals surface area (Å²) >= 11 is 1.28. The first kappa shape index (κ1) is 19.8. The van der Waals surface area contributed by atoms with E-state index in [-0.39, 0.29) is 19.4 Å². The van der Waals surface area contributed by atoms with Crippen LogP contribution in [0.1, 0.15) is 19.8 Å². The van der Waals surface area contributed by atoms with E-state index < -0.39 is 34.7 Å². The molecule has 1 saturated heterocycles.